The minimum Gasteiger partial charge on any atom is -0.320 e. The molecule has 0 saturated heterocycles. The Bertz CT molecular complexity index is 605. The Labute approximate surface area is 127 Å². The van der Waals surface area contributed by atoms with Crippen molar-refractivity contribution in [1.82, 2.24) is 0 Å². The molecule has 2 aromatic carbocycles. The summed E-state index contributed by atoms with van der Waals surface area (Å²) < 4.78 is 14.0. The molecule has 1 saturated carbocycles. The third-order valence-corrected chi connectivity index (χ3v) is 4.82. The molecule has 0 bridgehead atoms. The molecule has 2 N–H and O–H groups in total. The zero-order chi connectivity index (χ0) is 14.1. The van der Waals surface area contributed by atoms with E-state index in [1.807, 2.05) is 6.07 Å². The first-order chi connectivity index (χ1) is 9.65. The van der Waals surface area contributed by atoms with Gasteiger partial charge in [0.05, 0.1) is 10.5 Å². The minimum absolute atomic E-state index is 0.274. The van der Waals surface area contributed by atoms with Gasteiger partial charge in [0.25, 0.3) is 0 Å². The van der Waals surface area contributed by atoms with Crippen LogP contribution in [0.25, 0.3) is 0 Å². The predicted molar refractivity (Wildman–Crippen MR) is 83.2 cm³/mol. The van der Waals surface area contributed by atoms with Gasteiger partial charge in [0.15, 0.2) is 0 Å². The average Bonchev–Trinajstić information content (AvgIpc) is 2.40. The molecule has 0 aromatic heterocycles. The van der Waals surface area contributed by atoms with Gasteiger partial charge in [0.1, 0.15) is 5.82 Å². The molecule has 0 spiro atoms. The molecule has 20 heavy (non-hydrogen) atoms. The zero-order valence-electron chi connectivity index (χ0n) is 11.2. The summed E-state index contributed by atoms with van der Waals surface area (Å²) in [5.41, 5.74) is 9.44. The molecule has 3 rings (SSSR count). The van der Waals surface area contributed by atoms with Crippen molar-refractivity contribution in [2.24, 2.45) is 5.73 Å². The molecule has 3 heteroatoms. The fraction of sp³-hybridized carbons (Fsp3) is 0.294. The van der Waals surface area contributed by atoms with Crippen molar-refractivity contribution in [3.8, 4) is 0 Å². The van der Waals surface area contributed by atoms with Gasteiger partial charge in [-0.3, -0.25) is 0 Å². The number of hydrogen-bond acceptors (Lipinski definition) is 1. The standard InChI is InChI=1S/C17H17BrFN/c18-15-9-8-14(10-16(15)19)17(20)13-6-4-12(5-7-13)11-2-1-3-11/h4-11,17H,1-3,20H2. The highest BCUT2D eigenvalue weighted by atomic mass is 79.9. The van der Waals surface area contributed by atoms with Crippen LogP contribution < -0.4 is 5.73 Å². The highest BCUT2D eigenvalue weighted by molar-refractivity contribution is 9.10. The summed E-state index contributed by atoms with van der Waals surface area (Å²) in [5.74, 6) is 0.453. The number of hydrogen-bond donors (Lipinski definition) is 1. The van der Waals surface area contributed by atoms with Crippen LogP contribution in [0.5, 0.6) is 0 Å². The molecular formula is C17H17BrFN. The molecule has 1 atom stereocenters. The van der Waals surface area contributed by atoms with Crippen molar-refractivity contribution < 1.29 is 4.39 Å². The van der Waals surface area contributed by atoms with Gasteiger partial charge in [-0.1, -0.05) is 36.8 Å². The maximum absolute atomic E-state index is 13.6. The second-order valence-electron chi connectivity index (χ2n) is 5.45. The summed E-state index contributed by atoms with van der Waals surface area (Å²) >= 11 is 3.16. The van der Waals surface area contributed by atoms with Gasteiger partial charge in [-0.2, -0.15) is 0 Å². The van der Waals surface area contributed by atoms with Crippen molar-refractivity contribution in [1.29, 1.82) is 0 Å². The van der Waals surface area contributed by atoms with Crippen molar-refractivity contribution in [3.63, 3.8) is 0 Å². The van der Waals surface area contributed by atoms with Crippen LogP contribution in [0.15, 0.2) is 46.9 Å². The number of rotatable bonds is 3. The van der Waals surface area contributed by atoms with E-state index < -0.39 is 0 Å². The quantitative estimate of drug-likeness (QED) is 0.848. The van der Waals surface area contributed by atoms with Crippen LogP contribution in [0, 0.1) is 5.82 Å². The summed E-state index contributed by atoms with van der Waals surface area (Å²) in [4.78, 5) is 0. The fourth-order valence-electron chi connectivity index (χ4n) is 2.62. The molecule has 1 fully saturated rings. The molecule has 1 aliphatic carbocycles. The Hall–Kier alpha value is -1.19. The van der Waals surface area contributed by atoms with E-state index in [1.165, 1.54) is 30.9 Å². The number of halogens is 2. The molecule has 0 radical (unpaired) electrons. The van der Waals surface area contributed by atoms with Crippen LogP contribution in [-0.4, -0.2) is 0 Å². The highest BCUT2D eigenvalue weighted by Crippen LogP contribution is 2.36. The monoisotopic (exact) mass is 333 g/mol. The SMILES string of the molecule is NC(c1ccc(C2CCC2)cc1)c1ccc(Br)c(F)c1. The normalized spacial score (nSPS) is 16.8. The molecule has 1 unspecified atom stereocenters. The molecule has 0 heterocycles. The van der Waals surface area contributed by atoms with E-state index in [0.29, 0.717) is 4.47 Å². The van der Waals surface area contributed by atoms with Gasteiger partial charge in [-0.15, -0.1) is 0 Å². The van der Waals surface area contributed by atoms with Crippen LogP contribution in [0.2, 0.25) is 0 Å². The predicted octanol–water partition coefficient (Wildman–Crippen LogP) is 4.90. The average molecular weight is 334 g/mol. The summed E-state index contributed by atoms with van der Waals surface area (Å²) in [6.07, 6.45) is 3.93. The van der Waals surface area contributed by atoms with Crippen LogP contribution in [-0.2, 0) is 0 Å². The van der Waals surface area contributed by atoms with Crippen molar-refractivity contribution in [2.45, 2.75) is 31.2 Å². The van der Waals surface area contributed by atoms with Crippen molar-refractivity contribution in [2.75, 3.05) is 0 Å². The minimum atomic E-state index is -0.284. The van der Waals surface area contributed by atoms with Crippen LogP contribution in [0.4, 0.5) is 4.39 Å². The van der Waals surface area contributed by atoms with Crippen molar-refractivity contribution in [3.05, 3.63) is 69.4 Å². The lowest BCUT2D eigenvalue weighted by Gasteiger charge is -2.26. The molecule has 2 aromatic rings. The maximum atomic E-state index is 13.6. The lowest BCUT2D eigenvalue weighted by atomic mass is 9.79. The summed E-state index contributed by atoms with van der Waals surface area (Å²) in [6, 6.07) is 13.2. The topological polar surface area (TPSA) is 26.0 Å². The first kappa shape index (κ1) is 13.8. The third kappa shape index (κ3) is 2.65. The van der Waals surface area contributed by atoms with Gasteiger partial charge in [-0.25, -0.2) is 4.39 Å². The van der Waals surface area contributed by atoms with E-state index >= 15 is 0 Å². The lowest BCUT2D eigenvalue weighted by Crippen LogP contribution is -2.13. The molecule has 1 nitrogen and oxygen atoms in total. The zero-order valence-corrected chi connectivity index (χ0v) is 12.7. The highest BCUT2D eigenvalue weighted by Gasteiger charge is 2.19. The third-order valence-electron chi connectivity index (χ3n) is 4.17. The summed E-state index contributed by atoms with van der Waals surface area (Å²) in [6.45, 7) is 0. The van der Waals surface area contributed by atoms with Gasteiger partial charge in [0, 0.05) is 0 Å². The summed E-state index contributed by atoms with van der Waals surface area (Å²) in [5, 5.41) is 0. The van der Waals surface area contributed by atoms with Crippen molar-refractivity contribution >= 4 is 15.9 Å². The van der Waals surface area contributed by atoms with E-state index in [4.69, 9.17) is 5.73 Å². The molecule has 0 aliphatic heterocycles. The Morgan fingerprint density at radius 2 is 1.70 bits per heavy atom. The van der Waals surface area contributed by atoms with E-state index in [1.54, 1.807) is 6.07 Å². The van der Waals surface area contributed by atoms with Crippen LogP contribution in [0.1, 0.15) is 47.9 Å². The molecular weight excluding hydrogens is 317 g/mol. The van der Waals surface area contributed by atoms with Gasteiger partial charge in [-0.05, 0) is 63.5 Å². The Balaban J connectivity index is 1.82. The second kappa shape index (κ2) is 5.66. The second-order valence-corrected chi connectivity index (χ2v) is 6.30. The number of benzene rings is 2. The van der Waals surface area contributed by atoms with E-state index in [0.717, 1.165) is 17.0 Å². The fourth-order valence-corrected chi connectivity index (χ4v) is 2.86. The maximum Gasteiger partial charge on any atom is 0.137 e. The van der Waals surface area contributed by atoms with E-state index in [2.05, 4.69) is 40.2 Å². The lowest BCUT2D eigenvalue weighted by molar-refractivity contribution is 0.419. The Morgan fingerprint density at radius 3 is 2.25 bits per heavy atom. The van der Waals surface area contributed by atoms with Gasteiger partial charge < -0.3 is 5.73 Å². The van der Waals surface area contributed by atoms with Gasteiger partial charge >= 0.3 is 0 Å². The molecule has 104 valence electrons. The first-order valence-electron chi connectivity index (χ1n) is 6.95. The largest absolute Gasteiger partial charge is 0.320 e. The first-order valence-corrected chi connectivity index (χ1v) is 7.75. The van der Waals surface area contributed by atoms with Crippen LogP contribution >= 0.6 is 15.9 Å². The Kier molecular flexibility index (Phi) is 3.90. The Morgan fingerprint density at radius 1 is 1.05 bits per heavy atom. The number of nitrogens with two attached hydrogens (primary N) is 1. The smallest absolute Gasteiger partial charge is 0.137 e. The molecule has 1 aliphatic rings. The van der Waals surface area contributed by atoms with E-state index in [-0.39, 0.29) is 11.9 Å². The van der Waals surface area contributed by atoms with Gasteiger partial charge in [0.2, 0.25) is 0 Å². The van der Waals surface area contributed by atoms with Crippen LogP contribution in [0.3, 0.4) is 0 Å². The molecule has 0 amide bonds. The van der Waals surface area contributed by atoms with E-state index in [9.17, 15) is 4.39 Å². The summed E-state index contributed by atoms with van der Waals surface area (Å²) in [7, 11) is 0.